The Bertz CT molecular complexity index is 1160. The van der Waals surface area contributed by atoms with Crippen molar-refractivity contribution in [3.05, 3.63) is 107 Å². The van der Waals surface area contributed by atoms with Crippen molar-refractivity contribution in [2.24, 2.45) is 5.41 Å². The van der Waals surface area contributed by atoms with E-state index >= 15 is 0 Å². The zero-order chi connectivity index (χ0) is 21.3. The standard InChI is InChI=1S/C28H27NO2/c1-26-18-27(21-11-4-2-5-12-21,25(30)28(26,31)22-13-6-3-7-14-22)24-23-15-9-8-10-20(23)16-17-29(24)19-26/h2-15,24,31H,16-19H2,1H3/t24-,26-,27-,28+/m0/s1. The Morgan fingerprint density at radius 2 is 1.48 bits per heavy atom. The summed E-state index contributed by atoms with van der Waals surface area (Å²) in [6.45, 7) is 3.72. The monoisotopic (exact) mass is 409 g/mol. The molecule has 1 saturated carbocycles. The Morgan fingerprint density at radius 3 is 2.19 bits per heavy atom. The molecule has 0 unspecified atom stereocenters. The van der Waals surface area contributed by atoms with Crippen molar-refractivity contribution < 1.29 is 9.90 Å². The van der Waals surface area contributed by atoms with Crippen LogP contribution in [0.4, 0.5) is 0 Å². The molecule has 3 nitrogen and oxygen atoms in total. The lowest BCUT2D eigenvalue weighted by molar-refractivity contribution is -0.145. The van der Waals surface area contributed by atoms with Gasteiger partial charge in [0.2, 0.25) is 0 Å². The average molecular weight is 410 g/mol. The number of rotatable bonds is 2. The van der Waals surface area contributed by atoms with Crippen molar-refractivity contribution >= 4 is 5.78 Å². The first-order valence-electron chi connectivity index (χ1n) is 11.2. The fourth-order valence-electron chi connectivity index (χ4n) is 6.91. The molecule has 4 atom stereocenters. The van der Waals surface area contributed by atoms with Crippen molar-refractivity contribution in [2.75, 3.05) is 13.1 Å². The highest BCUT2D eigenvalue weighted by molar-refractivity contribution is 6.02. The topological polar surface area (TPSA) is 40.5 Å². The lowest BCUT2D eigenvalue weighted by Crippen LogP contribution is -2.55. The third-order valence-corrected chi connectivity index (χ3v) is 8.16. The maximum absolute atomic E-state index is 14.6. The molecule has 31 heavy (non-hydrogen) atoms. The van der Waals surface area contributed by atoms with Crippen LogP contribution in [-0.4, -0.2) is 28.9 Å². The van der Waals surface area contributed by atoms with Gasteiger partial charge < -0.3 is 5.11 Å². The molecule has 1 N–H and O–H groups in total. The molecule has 2 bridgehead atoms. The van der Waals surface area contributed by atoms with Crippen LogP contribution in [0, 0.1) is 5.41 Å². The van der Waals surface area contributed by atoms with Crippen molar-refractivity contribution in [1.82, 2.24) is 4.90 Å². The number of hydrogen-bond donors (Lipinski definition) is 1. The molecule has 0 spiro atoms. The van der Waals surface area contributed by atoms with Gasteiger partial charge in [0.25, 0.3) is 0 Å². The van der Waals surface area contributed by atoms with Crippen LogP contribution >= 0.6 is 0 Å². The summed E-state index contributed by atoms with van der Waals surface area (Å²) in [4.78, 5) is 17.1. The summed E-state index contributed by atoms with van der Waals surface area (Å²) in [5, 5.41) is 12.3. The second kappa shape index (κ2) is 6.38. The fourth-order valence-corrected chi connectivity index (χ4v) is 6.91. The number of carbonyl (C=O) groups excluding carboxylic acids is 1. The van der Waals surface area contributed by atoms with E-state index < -0.39 is 16.4 Å². The molecule has 3 aliphatic rings. The predicted molar refractivity (Wildman–Crippen MR) is 121 cm³/mol. The van der Waals surface area contributed by atoms with E-state index in [2.05, 4.69) is 48.2 Å². The fraction of sp³-hybridized carbons (Fsp3) is 0.321. The Morgan fingerprint density at radius 1 is 0.871 bits per heavy atom. The molecule has 6 rings (SSSR count). The summed E-state index contributed by atoms with van der Waals surface area (Å²) in [5.41, 5.74) is 1.43. The molecule has 2 aliphatic heterocycles. The Hall–Kier alpha value is -2.75. The zero-order valence-electron chi connectivity index (χ0n) is 17.8. The minimum atomic E-state index is -1.52. The zero-order valence-corrected chi connectivity index (χ0v) is 17.8. The van der Waals surface area contributed by atoms with Crippen molar-refractivity contribution in [2.45, 2.75) is 36.8 Å². The SMILES string of the molecule is C[C@@]12CN3CCc4ccccc4[C@H]3[C@@](c3ccccc3)(C1)C(=O)[C@]2(O)c1ccccc1. The molecule has 0 radical (unpaired) electrons. The molecular formula is C28H27NO2. The number of ketones is 1. The molecule has 3 aromatic carbocycles. The number of carbonyl (C=O) groups is 1. The van der Waals surface area contributed by atoms with Gasteiger partial charge in [-0.15, -0.1) is 0 Å². The minimum absolute atomic E-state index is 0.0518. The van der Waals surface area contributed by atoms with Gasteiger partial charge in [-0.05, 0) is 35.1 Å². The van der Waals surface area contributed by atoms with Crippen LogP contribution in [0.3, 0.4) is 0 Å². The van der Waals surface area contributed by atoms with Crippen LogP contribution in [0.5, 0.6) is 0 Å². The summed E-state index contributed by atoms with van der Waals surface area (Å²) in [6.07, 6.45) is 1.62. The number of Topliss-reactive ketones (excluding diaryl/α,β-unsaturated/α-hetero) is 1. The number of fused-ring (bicyclic) bond motifs is 6. The van der Waals surface area contributed by atoms with E-state index in [1.807, 2.05) is 48.5 Å². The van der Waals surface area contributed by atoms with Crippen LogP contribution in [-0.2, 0) is 22.2 Å². The second-order valence-electron chi connectivity index (χ2n) is 9.80. The smallest absolute Gasteiger partial charge is 0.181 e. The van der Waals surface area contributed by atoms with Gasteiger partial charge in [-0.25, -0.2) is 0 Å². The van der Waals surface area contributed by atoms with Crippen molar-refractivity contribution in [1.29, 1.82) is 0 Å². The van der Waals surface area contributed by atoms with Crippen LogP contribution < -0.4 is 0 Å². The van der Waals surface area contributed by atoms with E-state index in [0.717, 1.165) is 18.5 Å². The van der Waals surface area contributed by atoms with Crippen LogP contribution in [0.25, 0.3) is 0 Å². The quantitative estimate of drug-likeness (QED) is 0.682. The number of aliphatic hydroxyl groups is 1. The van der Waals surface area contributed by atoms with E-state index in [-0.39, 0.29) is 11.8 Å². The summed E-state index contributed by atoms with van der Waals surface area (Å²) in [7, 11) is 0. The van der Waals surface area contributed by atoms with Gasteiger partial charge in [0.05, 0.1) is 11.5 Å². The number of hydrogen-bond acceptors (Lipinski definition) is 3. The highest BCUT2D eigenvalue weighted by atomic mass is 16.3. The lowest BCUT2D eigenvalue weighted by Gasteiger charge is -2.53. The number of benzene rings is 3. The van der Waals surface area contributed by atoms with Crippen molar-refractivity contribution in [3.63, 3.8) is 0 Å². The van der Waals surface area contributed by atoms with Gasteiger partial charge in [-0.1, -0.05) is 91.9 Å². The predicted octanol–water partition coefficient (Wildman–Crippen LogP) is 4.40. The summed E-state index contributed by atoms with van der Waals surface area (Å²) < 4.78 is 0. The largest absolute Gasteiger partial charge is 0.377 e. The van der Waals surface area contributed by atoms with Gasteiger partial charge in [0.1, 0.15) is 0 Å². The lowest BCUT2D eigenvalue weighted by atomic mass is 9.63. The molecule has 156 valence electrons. The van der Waals surface area contributed by atoms with Crippen LogP contribution in [0.15, 0.2) is 84.9 Å². The van der Waals surface area contributed by atoms with E-state index in [4.69, 9.17) is 0 Å². The van der Waals surface area contributed by atoms with E-state index in [1.165, 1.54) is 11.1 Å². The molecule has 3 aromatic rings. The third-order valence-electron chi connectivity index (χ3n) is 8.16. The average Bonchev–Trinajstić information content (AvgIpc) is 2.96. The molecule has 1 saturated heterocycles. The summed E-state index contributed by atoms with van der Waals surface area (Å²) >= 11 is 0. The summed E-state index contributed by atoms with van der Waals surface area (Å²) in [5.74, 6) is -0.0518. The maximum atomic E-state index is 14.6. The summed E-state index contributed by atoms with van der Waals surface area (Å²) in [6, 6.07) is 28.3. The van der Waals surface area contributed by atoms with E-state index in [9.17, 15) is 9.90 Å². The van der Waals surface area contributed by atoms with Gasteiger partial charge in [-0.3, -0.25) is 9.69 Å². The highest BCUT2D eigenvalue weighted by Crippen LogP contribution is 2.67. The minimum Gasteiger partial charge on any atom is -0.377 e. The van der Waals surface area contributed by atoms with Crippen molar-refractivity contribution in [3.8, 4) is 0 Å². The molecule has 1 aliphatic carbocycles. The van der Waals surface area contributed by atoms with E-state index in [1.54, 1.807) is 0 Å². The maximum Gasteiger partial charge on any atom is 0.181 e. The first-order chi connectivity index (χ1) is 15.0. The van der Waals surface area contributed by atoms with Gasteiger partial charge in [-0.2, -0.15) is 0 Å². The molecular weight excluding hydrogens is 382 g/mol. The Kier molecular flexibility index (Phi) is 3.91. The van der Waals surface area contributed by atoms with E-state index in [0.29, 0.717) is 18.5 Å². The Labute approximate surface area is 183 Å². The van der Waals surface area contributed by atoms with Crippen LogP contribution in [0.1, 0.15) is 41.6 Å². The van der Waals surface area contributed by atoms with Gasteiger partial charge >= 0.3 is 0 Å². The molecule has 2 heterocycles. The van der Waals surface area contributed by atoms with Gasteiger partial charge in [0, 0.05) is 18.5 Å². The normalized spacial score (nSPS) is 34.3. The third kappa shape index (κ3) is 2.28. The second-order valence-corrected chi connectivity index (χ2v) is 9.80. The number of nitrogens with zero attached hydrogens (tertiary/aromatic N) is 1. The highest BCUT2D eigenvalue weighted by Gasteiger charge is 2.74. The molecule has 0 amide bonds. The van der Waals surface area contributed by atoms with Gasteiger partial charge in [0.15, 0.2) is 11.4 Å². The first kappa shape index (κ1) is 19.0. The van der Waals surface area contributed by atoms with Crippen LogP contribution in [0.2, 0.25) is 0 Å². The number of piperidine rings is 1. The molecule has 2 fully saturated rings. The molecule has 0 aromatic heterocycles. The first-order valence-corrected chi connectivity index (χ1v) is 11.2. The Balaban J connectivity index is 1.66. The molecule has 3 heteroatoms.